The summed E-state index contributed by atoms with van der Waals surface area (Å²) in [5, 5.41) is 10.4. The largest absolute Gasteiger partial charge is 0.471 e. The first kappa shape index (κ1) is 19.5. The van der Waals surface area contributed by atoms with Crippen molar-refractivity contribution < 1.29 is 27.5 Å². The zero-order chi connectivity index (χ0) is 18.5. The minimum absolute atomic E-state index is 0.192. The highest BCUT2D eigenvalue weighted by molar-refractivity contribution is 5.87. The van der Waals surface area contributed by atoms with Crippen molar-refractivity contribution in [1.82, 2.24) is 5.32 Å². The second kappa shape index (κ2) is 7.34. The van der Waals surface area contributed by atoms with Gasteiger partial charge in [-0.3, -0.25) is 4.79 Å². The van der Waals surface area contributed by atoms with Crippen molar-refractivity contribution >= 4 is 11.9 Å². The Hall–Kier alpha value is -2.56. The lowest BCUT2D eigenvalue weighted by Crippen LogP contribution is -2.49. The van der Waals surface area contributed by atoms with Crippen LogP contribution in [0.2, 0.25) is 0 Å². The summed E-state index contributed by atoms with van der Waals surface area (Å²) in [5.41, 5.74) is -0.0672. The second-order valence-electron chi connectivity index (χ2n) is 6.07. The van der Waals surface area contributed by atoms with Crippen LogP contribution in [0, 0.1) is 11.3 Å². The number of benzene rings is 1. The van der Waals surface area contributed by atoms with Gasteiger partial charge in [0.1, 0.15) is 11.6 Å². The van der Waals surface area contributed by atoms with Gasteiger partial charge in [0.2, 0.25) is 0 Å². The summed E-state index contributed by atoms with van der Waals surface area (Å²) in [6, 6.07) is 6.33. The Morgan fingerprint density at radius 2 is 1.75 bits per heavy atom. The molecule has 1 atom stereocenters. The van der Waals surface area contributed by atoms with Crippen LogP contribution in [0.4, 0.5) is 13.2 Å². The molecule has 1 amide bonds. The molecule has 0 fully saturated rings. The average Bonchev–Trinajstić information content (AvgIpc) is 2.44. The normalized spacial score (nSPS) is 12.9. The molecule has 0 aliphatic rings. The van der Waals surface area contributed by atoms with Crippen LogP contribution >= 0.6 is 0 Å². The number of nitrogens with one attached hydrogen (secondary N) is 1. The van der Waals surface area contributed by atoms with Gasteiger partial charge >= 0.3 is 18.1 Å². The highest BCUT2D eigenvalue weighted by Gasteiger charge is 2.41. The molecule has 0 bridgehead atoms. The van der Waals surface area contributed by atoms with Crippen LogP contribution in [0.3, 0.4) is 0 Å². The average molecular weight is 342 g/mol. The summed E-state index contributed by atoms with van der Waals surface area (Å²) in [6.07, 6.45) is -5.30. The molecule has 0 aliphatic carbocycles. The number of ether oxygens (including phenoxy) is 1. The van der Waals surface area contributed by atoms with Crippen molar-refractivity contribution in [3.8, 4) is 6.07 Å². The number of nitriles is 1. The maximum atomic E-state index is 12.4. The zero-order valence-electron chi connectivity index (χ0n) is 13.4. The van der Waals surface area contributed by atoms with Gasteiger partial charge in [-0.1, -0.05) is 12.1 Å². The van der Waals surface area contributed by atoms with E-state index in [-0.39, 0.29) is 6.42 Å². The number of carbonyl (C=O) groups is 2. The van der Waals surface area contributed by atoms with Crippen molar-refractivity contribution in [2.75, 3.05) is 0 Å². The van der Waals surface area contributed by atoms with E-state index in [0.717, 1.165) is 0 Å². The van der Waals surface area contributed by atoms with Gasteiger partial charge in [0.25, 0.3) is 0 Å². The first-order valence-electron chi connectivity index (χ1n) is 7.02. The van der Waals surface area contributed by atoms with Gasteiger partial charge in [-0.15, -0.1) is 0 Å². The lowest BCUT2D eigenvalue weighted by atomic mass is 10.0. The third kappa shape index (κ3) is 6.28. The number of halogens is 3. The molecule has 130 valence electrons. The van der Waals surface area contributed by atoms with Crippen LogP contribution in [0.15, 0.2) is 24.3 Å². The predicted molar refractivity (Wildman–Crippen MR) is 78.7 cm³/mol. The summed E-state index contributed by atoms with van der Waals surface area (Å²) in [4.78, 5) is 23.2. The smallest absolute Gasteiger partial charge is 0.458 e. The number of alkyl halides is 3. The quantitative estimate of drug-likeness (QED) is 0.853. The van der Waals surface area contributed by atoms with E-state index < -0.39 is 29.7 Å². The van der Waals surface area contributed by atoms with Crippen molar-refractivity contribution in [2.24, 2.45) is 0 Å². The Balaban J connectivity index is 2.97. The lowest BCUT2D eigenvalue weighted by Gasteiger charge is -2.25. The molecule has 0 radical (unpaired) electrons. The molecule has 0 saturated heterocycles. The number of esters is 1. The Kier molecular flexibility index (Phi) is 5.96. The van der Waals surface area contributed by atoms with E-state index in [9.17, 15) is 22.8 Å². The number of rotatable bonds is 4. The summed E-state index contributed by atoms with van der Waals surface area (Å²) in [7, 11) is 0. The van der Waals surface area contributed by atoms with E-state index in [4.69, 9.17) is 10.00 Å². The summed E-state index contributed by atoms with van der Waals surface area (Å²) in [6.45, 7) is 4.69. The van der Waals surface area contributed by atoms with E-state index in [1.54, 1.807) is 26.1 Å². The number of hydrogen-bond donors (Lipinski definition) is 1. The molecule has 8 heteroatoms. The van der Waals surface area contributed by atoms with Crippen molar-refractivity contribution in [2.45, 2.75) is 45.0 Å². The number of carbonyl (C=O) groups excluding carboxylic acids is 2. The Bertz CT molecular complexity index is 641. The summed E-state index contributed by atoms with van der Waals surface area (Å²) in [5.74, 6) is -3.18. The number of nitrogens with zero attached hydrogens (tertiary/aromatic N) is 1. The minimum atomic E-state index is -5.11. The van der Waals surface area contributed by atoms with Crippen LogP contribution in [0.5, 0.6) is 0 Å². The van der Waals surface area contributed by atoms with E-state index >= 15 is 0 Å². The molecule has 1 aromatic rings. The van der Waals surface area contributed by atoms with E-state index in [0.29, 0.717) is 11.1 Å². The molecule has 0 saturated carbocycles. The molecule has 24 heavy (non-hydrogen) atoms. The van der Waals surface area contributed by atoms with Crippen LogP contribution in [0.1, 0.15) is 31.9 Å². The minimum Gasteiger partial charge on any atom is -0.458 e. The topological polar surface area (TPSA) is 79.2 Å². The summed E-state index contributed by atoms with van der Waals surface area (Å²) < 4.78 is 42.4. The van der Waals surface area contributed by atoms with Crippen molar-refractivity contribution in [1.29, 1.82) is 5.26 Å². The SMILES string of the molecule is CC(C)(C)OC(=O)[C@@H](Cc1ccc(C#N)cc1)NC(=O)C(F)(F)F. The Labute approximate surface area is 137 Å². The van der Waals surface area contributed by atoms with Gasteiger partial charge in [0.05, 0.1) is 11.6 Å². The molecule has 1 rings (SSSR count). The van der Waals surface area contributed by atoms with Gasteiger partial charge < -0.3 is 10.1 Å². The maximum Gasteiger partial charge on any atom is 0.471 e. The fourth-order valence-corrected chi connectivity index (χ4v) is 1.76. The van der Waals surface area contributed by atoms with Gasteiger partial charge in [-0.05, 0) is 38.5 Å². The lowest BCUT2D eigenvalue weighted by molar-refractivity contribution is -0.177. The fourth-order valence-electron chi connectivity index (χ4n) is 1.76. The van der Waals surface area contributed by atoms with Crippen molar-refractivity contribution in [3.63, 3.8) is 0 Å². The van der Waals surface area contributed by atoms with E-state index in [2.05, 4.69) is 0 Å². The fraction of sp³-hybridized carbons (Fsp3) is 0.438. The van der Waals surface area contributed by atoms with Crippen LogP contribution < -0.4 is 5.32 Å². The van der Waals surface area contributed by atoms with Gasteiger partial charge in [-0.25, -0.2) is 4.79 Å². The number of hydrogen-bond acceptors (Lipinski definition) is 4. The second-order valence-corrected chi connectivity index (χ2v) is 6.07. The summed E-state index contributed by atoms with van der Waals surface area (Å²) >= 11 is 0. The monoisotopic (exact) mass is 342 g/mol. The molecule has 0 spiro atoms. The molecule has 1 aromatic carbocycles. The molecule has 5 nitrogen and oxygen atoms in total. The number of amides is 1. The Morgan fingerprint density at radius 3 is 2.17 bits per heavy atom. The van der Waals surface area contributed by atoms with Gasteiger partial charge in [0, 0.05) is 6.42 Å². The van der Waals surface area contributed by atoms with Crippen LogP contribution in [-0.2, 0) is 20.7 Å². The van der Waals surface area contributed by atoms with Gasteiger partial charge in [0.15, 0.2) is 0 Å². The first-order valence-corrected chi connectivity index (χ1v) is 7.02. The highest BCUT2D eigenvalue weighted by atomic mass is 19.4. The molecule has 0 aromatic heterocycles. The Morgan fingerprint density at radius 1 is 1.21 bits per heavy atom. The predicted octanol–water partition coefficient (Wildman–Crippen LogP) is 2.49. The molecule has 0 unspecified atom stereocenters. The standard InChI is InChI=1S/C16H17F3N2O3/c1-15(2,3)24-13(22)12(21-14(23)16(17,18)19)8-10-4-6-11(9-20)7-5-10/h4-7,12H,8H2,1-3H3,(H,21,23)/t12-/m1/s1. The molecule has 1 N–H and O–H groups in total. The first-order chi connectivity index (χ1) is 10.9. The highest BCUT2D eigenvalue weighted by Crippen LogP contribution is 2.17. The van der Waals surface area contributed by atoms with Crippen molar-refractivity contribution in [3.05, 3.63) is 35.4 Å². The van der Waals surface area contributed by atoms with Gasteiger partial charge in [-0.2, -0.15) is 18.4 Å². The van der Waals surface area contributed by atoms with E-state index in [1.165, 1.54) is 24.3 Å². The third-order valence-electron chi connectivity index (χ3n) is 2.78. The van der Waals surface area contributed by atoms with E-state index in [1.807, 2.05) is 6.07 Å². The third-order valence-corrected chi connectivity index (χ3v) is 2.78. The molecular formula is C16H17F3N2O3. The molecular weight excluding hydrogens is 325 g/mol. The zero-order valence-corrected chi connectivity index (χ0v) is 13.4. The molecule has 0 aliphatic heterocycles. The maximum absolute atomic E-state index is 12.4. The molecule has 0 heterocycles. The van der Waals surface area contributed by atoms with Crippen LogP contribution in [0.25, 0.3) is 0 Å². The van der Waals surface area contributed by atoms with Crippen LogP contribution in [-0.4, -0.2) is 29.7 Å².